The van der Waals surface area contributed by atoms with Crippen molar-refractivity contribution in [3.8, 4) is 5.75 Å². The lowest BCUT2D eigenvalue weighted by Crippen LogP contribution is -1.84. The van der Waals surface area contributed by atoms with Crippen molar-refractivity contribution in [2.75, 3.05) is 7.11 Å². The Labute approximate surface area is 115 Å². The minimum atomic E-state index is 0.470. The standard InChI is InChI=1S/C14H11ClO2S/c1-17-11-3-2-4-12(7-11)18-13-6-5-10(9-16)14(15)8-13/h2-9H,1H3. The van der Waals surface area contributed by atoms with E-state index in [4.69, 9.17) is 16.3 Å². The number of hydrogen-bond acceptors (Lipinski definition) is 3. The molecule has 0 aliphatic heterocycles. The van der Waals surface area contributed by atoms with Crippen LogP contribution >= 0.6 is 23.4 Å². The Morgan fingerprint density at radius 2 is 1.94 bits per heavy atom. The predicted octanol–water partition coefficient (Wildman–Crippen LogP) is 4.31. The van der Waals surface area contributed by atoms with Gasteiger partial charge in [0.2, 0.25) is 0 Å². The molecule has 0 N–H and O–H groups in total. The first-order chi connectivity index (χ1) is 8.72. The van der Waals surface area contributed by atoms with Gasteiger partial charge in [0.15, 0.2) is 6.29 Å². The molecular formula is C14H11ClO2S. The fourth-order valence-corrected chi connectivity index (χ4v) is 2.66. The molecule has 0 amide bonds. The summed E-state index contributed by atoms with van der Waals surface area (Å²) in [6.07, 6.45) is 0.752. The van der Waals surface area contributed by atoms with Gasteiger partial charge in [-0.05, 0) is 36.4 Å². The number of ether oxygens (including phenoxy) is 1. The van der Waals surface area contributed by atoms with Crippen molar-refractivity contribution in [1.29, 1.82) is 0 Å². The number of aldehydes is 1. The molecule has 0 saturated heterocycles. The van der Waals surface area contributed by atoms with E-state index in [0.717, 1.165) is 21.8 Å². The van der Waals surface area contributed by atoms with E-state index in [-0.39, 0.29) is 0 Å². The SMILES string of the molecule is COc1cccc(Sc2ccc(C=O)c(Cl)c2)c1. The van der Waals surface area contributed by atoms with Crippen LogP contribution in [-0.4, -0.2) is 13.4 Å². The first-order valence-corrected chi connectivity index (χ1v) is 6.49. The molecule has 0 bridgehead atoms. The predicted molar refractivity (Wildman–Crippen MR) is 74.0 cm³/mol. The van der Waals surface area contributed by atoms with Crippen LogP contribution in [0.25, 0.3) is 0 Å². The molecule has 18 heavy (non-hydrogen) atoms. The third-order valence-electron chi connectivity index (χ3n) is 2.38. The summed E-state index contributed by atoms with van der Waals surface area (Å²) in [7, 11) is 1.64. The molecule has 2 nitrogen and oxygen atoms in total. The molecule has 92 valence electrons. The number of carbonyl (C=O) groups excluding carboxylic acids is 1. The van der Waals surface area contributed by atoms with Gasteiger partial charge >= 0.3 is 0 Å². The highest BCUT2D eigenvalue weighted by molar-refractivity contribution is 7.99. The van der Waals surface area contributed by atoms with E-state index in [2.05, 4.69) is 0 Å². The molecule has 0 heterocycles. The fraction of sp³-hybridized carbons (Fsp3) is 0.0714. The third kappa shape index (κ3) is 3.06. The molecule has 2 aromatic carbocycles. The van der Waals surface area contributed by atoms with Gasteiger partial charge < -0.3 is 4.74 Å². The van der Waals surface area contributed by atoms with Crippen LogP contribution < -0.4 is 4.74 Å². The second-order valence-corrected chi connectivity index (χ2v) is 5.14. The second kappa shape index (κ2) is 5.94. The molecule has 0 atom stereocenters. The maximum Gasteiger partial charge on any atom is 0.151 e. The first-order valence-electron chi connectivity index (χ1n) is 5.29. The van der Waals surface area contributed by atoms with Crippen LogP contribution in [0.2, 0.25) is 5.02 Å². The molecule has 0 radical (unpaired) electrons. The number of hydrogen-bond donors (Lipinski definition) is 0. The Balaban J connectivity index is 2.22. The Morgan fingerprint density at radius 3 is 2.61 bits per heavy atom. The van der Waals surface area contributed by atoms with Gasteiger partial charge in [0, 0.05) is 15.4 Å². The lowest BCUT2D eigenvalue weighted by Gasteiger charge is -2.05. The van der Waals surface area contributed by atoms with Gasteiger partial charge in [0.05, 0.1) is 12.1 Å². The summed E-state index contributed by atoms with van der Waals surface area (Å²) in [4.78, 5) is 12.7. The normalized spacial score (nSPS) is 10.1. The summed E-state index contributed by atoms with van der Waals surface area (Å²) in [5, 5.41) is 0.470. The highest BCUT2D eigenvalue weighted by atomic mass is 35.5. The van der Waals surface area contributed by atoms with Gasteiger partial charge in [-0.2, -0.15) is 0 Å². The first kappa shape index (κ1) is 13.0. The summed E-state index contributed by atoms with van der Waals surface area (Å²) in [6, 6.07) is 13.2. The molecule has 0 fully saturated rings. The fourth-order valence-electron chi connectivity index (χ4n) is 1.47. The van der Waals surface area contributed by atoms with E-state index in [9.17, 15) is 4.79 Å². The topological polar surface area (TPSA) is 26.3 Å². The molecule has 0 aliphatic rings. The number of rotatable bonds is 4. The zero-order chi connectivity index (χ0) is 13.0. The van der Waals surface area contributed by atoms with Crippen molar-refractivity contribution in [2.24, 2.45) is 0 Å². The van der Waals surface area contributed by atoms with E-state index >= 15 is 0 Å². The average molecular weight is 279 g/mol. The molecule has 0 aliphatic carbocycles. The van der Waals surface area contributed by atoms with E-state index in [1.807, 2.05) is 30.3 Å². The van der Waals surface area contributed by atoms with Crippen LogP contribution in [0.15, 0.2) is 52.3 Å². The van der Waals surface area contributed by atoms with Crippen molar-refractivity contribution in [3.63, 3.8) is 0 Å². The summed E-state index contributed by atoms with van der Waals surface area (Å²) < 4.78 is 5.17. The maximum atomic E-state index is 10.7. The molecular weight excluding hydrogens is 268 g/mol. The van der Waals surface area contributed by atoms with Crippen molar-refractivity contribution >= 4 is 29.6 Å². The Morgan fingerprint density at radius 1 is 1.17 bits per heavy atom. The quantitative estimate of drug-likeness (QED) is 0.780. The van der Waals surface area contributed by atoms with Crippen molar-refractivity contribution in [1.82, 2.24) is 0 Å². The number of halogens is 1. The Kier molecular flexibility index (Phi) is 4.28. The van der Waals surface area contributed by atoms with Gasteiger partial charge in [0.25, 0.3) is 0 Å². The monoisotopic (exact) mass is 278 g/mol. The number of benzene rings is 2. The smallest absolute Gasteiger partial charge is 0.151 e. The largest absolute Gasteiger partial charge is 0.497 e. The van der Waals surface area contributed by atoms with Crippen LogP contribution in [0.4, 0.5) is 0 Å². The second-order valence-electron chi connectivity index (χ2n) is 3.58. The summed E-state index contributed by atoms with van der Waals surface area (Å²) in [5.41, 5.74) is 0.506. The molecule has 4 heteroatoms. The van der Waals surface area contributed by atoms with E-state index in [1.54, 1.807) is 31.0 Å². The molecule has 0 saturated carbocycles. The van der Waals surface area contributed by atoms with Crippen molar-refractivity contribution < 1.29 is 9.53 Å². The highest BCUT2D eigenvalue weighted by Gasteiger charge is 2.03. The van der Waals surface area contributed by atoms with Crippen LogP contribution in [0.1, 0.15) is 10.4 Å². The average Bonchev–Trinajstić information content (AvgIpc) is 2.39. The summed E-state index contributed by atoms with van der Waals surface area (Å²) in [5.74, 6) is 0.815. The zero-order valence-corrected chi connectivity index (χ0v) is 11.3. The minimum absolute atomic E-state index is 0.470. The third-order valence-corrected chi connectivity index (χ3v) is 3.68. The van der Waals surface area contributed by atoms with Gasteiger partial charge in [-0.25, -0.2) is 0 Å². The van der Waals surface area contributed by atoms with Crippen LogP contribution in [-0.2, 0) is 0 Å². The molecule has 0 unspecified atom stereocenters. The summed E-state index contributed by atoms with van der Waals surface area (Å²) in [6.45, 7) is 0. The maximum absolute atomic E-state index is 10.7. The molecule has 0 aromatic heterocycles. The number of methoxy groups -OCH3 is 1. The van der Waals surface area contributed by atoms with Gasteiger partial charge in [0.1, 0.15) is 5.75 Å². The molecule has 2 rings (SSSR count). The van der Waals surface area contributed by atoms with Crippen LogP contribution in [0.3, 0.4) is 0 Å². The van der Waals surface area contributed by atoms with Gasteiger partial charge in [-0.3, -0.25) is 4.79 Å². The van der Waals surface area contributed by atoms with E-state index in [0.29, 0.717) is 10.6 Å². The van der Waals surface area contributed by atoms with Crippen molar-refractivity contribution in [3.05, 3.63) is 53.1 Å². The lowest BCUT2D eigenvalue weighted by molar-refractivity contribution is 0.112. The highest BCUT2D eigenvalue weighted by Crippen LogP contribution is 2.32. The summed E-state index contributed by atoms with van der Waals surface area (Å²) >= 11 is 7.56. The van der Waals surface area contributed by atoms with Crippen molar-refractivity contribution in [2.45, 2.75) is 9.79 Å². The van der Waals surface area contributed by atoms with Gasteiger partial charge in [-0.1, -0.05) is 29.4 Å². The van der Waals surface area contributed by atoms with Gasteiger partial charge in [-0.15, -0.1) is 0 Å². The zero-order valence-electron chi connectivity index (χ0n) is 9.72. The number of carbonyl (C=O) groups is 1. The Hall–Kier alpha value is -1.45. The van der Waals surface area contributed by atoms with E-state index in [1.165, 1.54) is 0 Å². The lowest BCUT2D eigenvalue weighted by atomic mass is 10.2. The molecule has 2 aromatic rings. The van der Waals surface area contributed by atoms with Crippen LogP contribution in [0, 0.1) is 0 Å². The minimum Gasteiger partial charge on any atom is -0.497 e. The Bertz CT molecular complexity index is 569. The molecule has 0 spiro atoms. The van der Waals surface area contributed by atoms with E-state index < -0.39 is 0 Å². The van der Waals surface area contributed by atoms with Crippen LogP contribution in [0.5, 0.6) is 5.75 Å².